The molecular formula is C15H15N5O2. The average Bonchev–Trinajstić information content (AvgIpc) is 2.82. The van der Waals surface area contributed by atoms with Gasteiger partial charge in [-0.25, -0.2) is 14.8 Å². The van der Waals surface area contributed by atoms with Gasteiger partial charge in [0.1, 0.15) is 12.1 Å². The van der Waals surface area contributed by atoms with Crippen molar-refractivity contribution in [1.29, 1.82) is 0 Å². The number of aromatic nitrogens is 4. The van der Waals surface area contributed by atoms with Crippen molar-refractivity contribution in [3.63, 3.8) is 0 Å². The van der Waals surface area contributed by atoms with Crippen molar-refractivity contribution in [3.05, 3.63) is 41.9 Å². The van der Waals surface area contributed by atoms with E-state index < -0.39 is 0 Å². The van der Waals surface area contributed by atoms with Crippen LogP contribution in [0.15, 0.2) is 30.6 Å². The highest BCUT2D eigenvalue weighted by molar-refractivity contribution is 5.93. The van der Waals surface area contributed by atoms with Gasteiger partial charge in [-0.1, -0.05) is 6.07 Å². The van der Waals surface area contributed by atoms with Crippen molar-refractivity contribution >= 4 is 28.5 Å². The van der Waals surface area contributed by atoms with Crippen molar-refractivity contribution < 1.29 is 9.53 Å². The molecule has 22 heavy (non-hydrogen) atoms. The lowest BCUT2D eigenvalue weighted by molar-refractivity contribution is 0.0601. The average molecular weight is 297 g/mol. The van der Waals surface area contributed by atoms with E-state index in [2.05, 4.69) is 20.4 Å². The van der Waals surface area contributed by atoms with Crippen LogP contribution >= 0.6 is 0 Å². The number of carbonyl (C=O) groups excluding carboxylic acids is 1. The second-order valence-electron chi connectivity index (χ2n) is 4.83. The Morgan fingerprint density at radius 2 is 2.14 bits per heavy atom. The number of esters is 1. The Kier molecular flexibility index (Phi) is 3.46. The molecule has 1 N–H and O–H groups in total. The highest BCUT2D eigenvalue weighted by atomic mass is 16.5. The third-order valence-electron chi connectivity index (χ3n) is 3.34. The quantitative estimate of drug-likeness (QED) is 0.746. The first kappa shape index (κ1) is 14.0. The fourth-order valence-electron chi connectivity index (χ4n) is 2.35. The number of rotatable bonds is 3. The first-order chi connectivity index (χ1) is 10.6. The number of nitrogens with zero attached hydrogens (tertiary/aromatic N) is 4. The minimum Gasteiger partial charge on any atom is -0.465 e. The van der Waals surface area contributed by atoms with Gasteiger partial charge < -0.3 is 10.1 Å². The lowest BCUT2D eigenvalue weighted by Crippen LogP contribution is -2.02. The Labute approximate surface area is 127 Å². The zero-order valence-electron chi connectivity index (χ0n) is 12.5. The molecule has 0 saturated heterocycles. The summed E-state index contributed by atoms with van der Waals surface area (Å²) >= 11 is 0. The van der Waals surface area contributed by atoms with Gasteiger partial charge in [-0.3, -0.25) is 4.68 Å². The molecule has 2 heterocycles. The summed E-state index contributed by atoms with van der Waals surface area (Å²) in [7, 11) is 3.19. The summed E-state index contributed by atoms with van der Waals surface area (Å²) in [6, 6.07) is 7.04. The third-order valence-corrected chi connectivity index (χ3v) is 3.34. The maximum atomic E-state index is 11.6. The molecule has 0 atom stereocenters. The Hall–Kier alpha value is -2.96. The molecule has 0 aliphatic carbocycles. The van der Waals surface area contributed by atoms with Crippen LogP contribution in [0, 0.1) is 6.92 Å². The molecule has 7 heteroatoms. The Morgan fingerprint density at radius 1 is 1.32 bits per heavy atom. The summed E-state index contributed by atoms with van der Waals surface area (Å²) in [6.45, 7) is 1.90. The monoisotopic (exact) mass is 297 g/mol. The molecule has 0 amide bonds. The molecule has 112 valence electrons. The van der Waals surface area contributed by atoms with E-state index in [0.29, 0.717) is 11.4 Å². The highest BCUT2D eigenvalue weighted by Crippen LogP contribution is 2.25. The van der Waals surface area contributed by atoms with Crippen molar-refractivity contribution in [2.45, 2.75) is 6.92 Å². The van der Waals surface area contributed by atoms with E-state index in [1.807, 2.05) is 20.0 Å². The molecule has 3 rings (SSSR count). The van der Waals surface area contributed by atoms with E-state index in [1.54, 1.807) is 22.9 Å². The molecule has 0 aliphatic rings. The molecule has 0 unspecified atom stereocenters. The molecule has 1 aromatic carbocycles. The Morgan fingerprint density at radius 3 is 2.91 bits per heavy atom. The summed E-state index contributed by atoms with van der Waals surface area (Å²) < 4.78 is 6.44. The van der Waals surface area contributed by atoms with Crippen LogP contribution in [0.5, 0.6) is 0 Å². The fourth-order valence-corrected chi connectivity index (χ4v) is 2.35. The lowest BCUT2D eigenvalue weighted by Gasteiger charge is -2.08. The lowest BCUT2D eigenvalue weighted by atomic mass is 10.2. The van der Waals surface area contributed by atoms with Crippen LogP contribution in [0.25, 0.3) is 11.0 Å². The summed E-state index contributed by atoms with van der Waals surface area (Å²) in [5, 5.41) is 8.41. The van der Waals surface area contributed by atoms with Gasteiger partial charge in [0, 0.05) is 12.7 Å². The molecular weight excluding hydrogens is 282 g/mol. The number of hydrogen-bond acceptors (Lipinski definition) is 6. The maximum absolute atomic E-state index is 11.6. The van der Waals surface area contributed by atoms with Crippen molar-refractivity contribution in [2.24, 2.45) is 7.05 Å². The van der Waals surface area contributed by atoms with Gasteiger partial charge in [0.25, 0.3) is 0 Å². The second kappa shape index (κ2) is 5.44. The molecule has 0 radical (unpaired) electrons. The number of aryl methyl sites for hydroxylation is 2. The zero-order valence-corrected chi connectivity index (χ0v) is 12.5. The minimum absolute atomic E-state index is 0.381. The summed E-state index contributed by atoms with van der Waals surface area (Å²) in [4.78, 5) is 20.1. The molecule has 0 saturated carbocycles. The molecule has 0 spiro atoms. The van der Waals surface area contributed by atoms with Crippen LogP contribution in [0.3, 0.4) is 0 Å². The summed E-state index contributed by atoms with van der Waals surface area (Å²) in [5.74, 6) is 0.270. The molecule has 3 aromatic rings. The number of carbonyl (C=O) groups is 1. The zero-order chi connectivity index (χ0) is 15.7. The number of nitrogens with one attached hydrogen (secondary N) is 1. The number of fused-ring (bicyclic) bond motifs is 1. The number of ether oxygens (including phenoxy) is 1. The van der Waals surface area contributed by atoms with Gasteiger partial charge in [0.05, 0.1) is 23.8 Å². The van der Waals surface area contributed by atoms with Crippen LogP contribution in [0.2, 0.25) is 0 Å². The first-order valence-corrected chi connectivity index (χ1v) is 6.70. The van der Waals surface area contributed by atoms with Crippen molar-refractivity contribution in [3.8, 4) is 0 Å². The predicted octanol–water partition coefficient (Wildman–Crippen LogP) is 2.20. The molecule has 2 aromatic heterocycles. The largest absolute Gasteiger partial charge is 0.465 e. The van der Waals surface area contributed by atoms with E-state index in [-0.39, 0.29) is 5.97 Å². The number of methoxy groups -OCH3 is 1. The molecule has 0 bridgehead atoms. The number of anilines is 2. The van der Waals surface area contributed by atoms with Crippen molar-refractivity contribution in [1.82, 2.24) is 19.7 Å². The minimum atomic E-state index is -0.381. The SMILES string of the molecule is COC(=O)c1cccc(Nc2ncnc3c2c(C)nn3C)c1. The Bertz CT molecular complexity index is 856. The van der Waals surface area contributed by atoms with E-state index >= 15 is 0 Å². The van der Waals surface area contributed by atoms with E-state index in [1.165, 1.54) is 13.4 Å². The Balaban J connectivity index is 2.02. The normalized spacial score (nSPS) is 10.7. The number of benzene rings is 1. The van der Waals surface area contributed by atoms with Gasteiger partial charge >= 0.3 is 5.97 Å². The van der Waals surface area contributed by atoms with Crippen LogP contribution < -0.4 is 5.32 Å². The molecule has 0 fully saturated rings. The predicted molar refractivity (Wildman–Crippen MR) is 82.1 cm³/mol. The van der Waals surface area contributed by atoms with E-state index in [4.69, 9.17) is 4.74 Å². The topological polar surface area (TPSA) is 81.9 Å². The molecule has 7 nitrogen and oxygen atoms in total. The van der Waals surface area contributed by atoms with Gasteiger partial charge in [-0.2, -0.15) is 5.10 Å². The van der Waals surface area contributed by atoms with Crippen LogP contribution in [0.1, 0.15) is 16.1 Å². The highest BCUT2D eigenvalue weighted by Gasteiger charge is 2.13. The van der Waals surface area contributed by atoms with Gasteiger partial charge in [-0.15, -0.1) is 0 Å². The van der Waals surface area contributed by atoms with Crippen LogP contribution in [-0.2, 0) is 11.8 Å². The van der Waals surface area contributed by atoms with E-state index in [0.717, 1.165) is 22.4 Å². The summed E-state index contributed by atoms with van der Waals surface area (Å²) in [5.41, 5.74) is 2.80. The fraction of sp³-hybridized carbons (Fsp3) is 0.200. The smallest absolute Gasteiger partial charge is 0.337 e. The van der Waals surface area contributed by atoms with Gasteiger partial charge in [0.2, 0.25) is 0 Å². The standard InChI is InChI=1S/C15H15N5O2/c1-9-12-13(16-8-17-14(12)20(2)19-9)18-11-6-4-5-10(7-11)15(21)22-3/h4-8H,1-3H3,(H,16,17,18). The first-order valence-electron chi connectivity index (χ1n) is 6.70. The third kappa shape index (κ3) is 2.37. The van der Waals surface area contributed by atoms with E-state index in [9.17, 15) is 4.79 Å². The van der Waals surface area contributed by atoms with Crippen LogP contribution in [-0.4, -0.2) is 32.8 Å². The maximum Gasteiger partial charge on any atom is 0.337 e. The van der Waals surface area contributed by atoms with Gasteiger partial charge in [-0.05, 0) is 25.1 Å². The van der Waals surface area contributed by atoms with Gasteiger partial charge in [0.15, 0.2) is 5.65 Å². The second-order valence-corrected chi connectivity index (χ2v) is 4.83. The van der Waals surface area contributed by atoms with Crippen molar-refractivity contribution in [2.75, 3.05) is 12.4 Å². The molecule has 0 aliphatic heterocycles. The summed E-state index contributed by atoms with van der Waals surface area (Å²) in [6.07, 6.45) is 1.48. The van der Waals surface area contributed by atoms with Crippen LogP contribution in [0.4, 0.5) is 11.5 Å². The number of hydrogen-bond donors (Lipinski definition) is 1.